The minimum absolute atomic E-state index is 0.169. The van der Waals surface area contributed by atoms with Gasteiger partial charge in [0.25, 0.3) is 0 Å². The van der Waals surface area contributed by atoms with Gasteiger partial charge < -0.3 is 4.74 Å². The van der Waals surface area contributed by atoms with E-state index in [1.807, 2.05) is 48.5 Å². The number of hydrogen-bond acceptors (Lipinski definition) is 3. The third kappa shape index (κ3) is 4.49. The van der Waals surface area contributed by atoms with Crippen LogP contribution in [0.1, 0.15) is 35.6 Å². The predicted octanol–water partition coefficient (Wildman–Crippen LogP) is 5.17. The lowest BCUT2D eigenvalue weighted by Crippen LogP contribution is -2.38. The largest absolute Gasteiger partial charge is 0.489 e. The van der Waals surface area contributed by atoms with Crippen LogP contribution in [0.2, 0.25) is 0 Å². The van der Waals surface area contributed by atoms with Crippen LogP contribution in [0.3, 0.4) is 0 Å². The molecule has 1 atom stereocenters. The molecule has 3 nitrogen and oxygen atoms in total. The molecule has 1 aliphatic rings. The minimum Gasteiger partial charge on any atom is -0.489 e. The molecule has 3 aromatic rings. The van der Waals surface area contributed by atoms with Gasteiger partial charge in [-0.15, -0.1) is 0 Å². The molecule has 3 heteroatoms. The van der Waals surface area contributed by atoms with Gasteiger partial charge in [0.2, 0.25) is 0 Å². The average molecular weight is 371 g/mol. The highest BCUT2D eigenvalue weighted by atomic mass is 16.5. The van der Waals surface area contributed by atoms with E-state index in [0.29, 0.717) is 18.8 Å². The lowest BCUT2D eigenvalue weighted by atomic mass is 9.93. The van der Waals surface area contributed by atoms with Crippen molar-refractivity contribution in [3.63, 3.8) is 0 Å². The summed E-state index contributed by atoms with van der Waals surface area (Å²) >= 11 is 0. The molecule has 1 fully saturated rings. The molecular weight excluding hydrogens is 346 g/mol. The van der Waals surface area contributed by atoms with E-state index < -0.39 is 0 Å². The summed E-state index contributed by atoms with van der Waals surface area (Å²) in [6.45, 7) is 2.28. The van der Waals surface area contributed by atoms with Crippen molar-refractivity contribution in [2.45, 2.75) is 32.0 Å². The molecule has 1 aliphatic heterocycles. The molecule has 4 rings (SSSR count). The number of piperidine rings is 1. The summed E-state index contributed by atoms with van der Waals surface area (Å²) < 4.78 is 5.89. The smallest absolute Gasteiger partial charge is 0.154 e. The van der Waals surface area contributed by atoms with Crippen LogP contribution < -0.4 is 4.74 Å². The van der Waals surface area contributed by atoms with Gasteiger partial charge in [0, 0.05) is 13.0 Å². The Bertz CT molecular complexity index is 891. The maximum atomic E-state index is 12.7. The fourth-order valence-electron chi connectivity index (χ4n) is 3.80. The van der Waals surface area contributed by atoms with E-state index in [-0.39, 0.29) is 6.04 Å². The Hall–Kier alpha value is -2.91. The van der Waals surface area contributed by atoms with Gasteiger partial charge in [0.1, 0.15) is 12.4 Å². The molecule has 0 aliphatic carbocycles. The Kier molecular flexibility index (Phi) is 5.83. The van der Waals surface area contributed by atoms with Gasteiger partial charge >= 0.3 is 0 Å². The normalized spacial score (nSPS) is 17.4. The average Bonchev–Trinajstić information content (AvgIpc) is 2.75. The van der Waals surface area contributed by atoms with Crippen LogP contribution >= 0.6 is 0 Å². The summed E-state index contributed by atoms with van der Waals surface area (Å²) in [4.78, 5) is 15.0. The van der Waals surface area contributed by atoms with Crippen molar-refractivity contribution in [2.24, 2.45) is 0 Å². The van der Waals surface area contributed by atoms with E-state index in [1.165, 1.54) is 5.56 Å². The number of likely N-dealkylation sites (tertiary alicyclic amines) is 1. The first-order valence-electron chi connectivity index (χ1n) is 9.87. The monoisotopic (exact) mass is 371 g/mol. The maximum absolute atomic E-state index is 12.7. The number of benzene rings is 3. The molecular formula is C25H25NO2. The molecule has 0 N–H and O–H groups in total. The zero-order valence-electron chi connectivity index (χ0n) is 16.0. The van der Waals surface area contributed by atoms with Gasteiger partial charge in [-0.2, -0.15) is 0 Å². The van der Waals surface area contributed by atoms with E-state index in [4.69, 9.17) is 4.74 Å². The Morgan fingerprint density at radius 1 is 0.821 bits per heavy atom. The number of rotatable bonds is 6. The van der Waals surface area contributed by atoms with Crippen LogP contribution in [0.5, 0.6) is 5.75 Å². The van der Waals surface area contributed by atoms with Gasteiger partial charge in [0.05, 0.1) is 6.04 Å². The number of carbonyl (C=O) groups excluding carboxylic acids is 1. The highest BCUT2D eigenvalue weighted by Gasteiger charge is 2.30. The Balaban J connectivity index is 1.46. The Labute approximate surface area is 166 Å². The zero-order chi connectivity index (χ0) is 19.2. The number of Topliss-reactive ketones (excluding diaryl/α,β-unsaturated/α-hetero) is 1. The van der Waals surface area contributed by atoms with Gasteiger partial charge in [0.15, 0.2) is 5.78 Å². The molecule has 0 bridgehead atoms. The van der Waals surface area contributed by atoms with Crippen LogP contribution in [0.4, 0.5) is 0 Å². The van der Waals surface area contributed by atoms with Gasteiger partial charge in [-0.3, -0.25) is 9.69 Å². The summed E-state index contributed by atoms with van der Waals surface area (Å²) in [5.74, 6) is 1.13. The Morgan fingerprint density at radius 3 is 2.14 bits per heavy atom. The molecule has 3 aromatic carbocycles. The quantitative estimate of drug-likeness (QED) is 0.598. The Morgan fingerprint density at radius 2 is 1.46 bits per heavy atom. The number of ether oxygens (including phenoxy) is 1. The second-order valence-corrected chi connectivity index (χ2v) is 7.27. The summed E-state index contributed by atoms with van der Waals surface area (Å²) in [6, 6.07) is 28.3. The van der Waals surface area contributed by atoms with E-state index in [9.17, 15) is 4.79 Å². The second kappa shape index (κ2) is 8.85. The van der Waals surface area contributed by atoms with Crippen molar-refractivity contribution < 1.29 is 9.53 Å². The van der Waals surface area contributed by atoms with Crippen LogP contribution in [0, 0.1) is 0 Å². The lowest BCUT2D eigenvalue weighted by Gasteiger charge is -2.35. The third-order valence-electron chi connectivity index (χ3n) is 5.21. The lowest BCUT2D eigenvalue weighted by molar-refractivity contribution is -0.127. The number of hydrogen-bond donors (Lipinski definition) is 0. The predicted molar refractivity (Wildman–Crippen MR) is 111 cm³/mol. The summed E-state index contributed by atoms with van der Waals surface area (Å²) in [5.41, 5.74) is 3.43. The molecule has 0 radical (unpaired) electrons. The summed E-state index contributed by atoms with van der Waals surface area (Å²) in [6.07, 6.45) is 1.59. The van der Waals surface area contributed by atoms with Gasteiger partial charge in [-0.1, -0.05) is 72.8 Å². The van der Waals surface area contributed by atoms with E-state index in [1.54, 1.807) is 0 Å². The van der Waals surface area contributed by atoms with Crippen molar-refractivity contribution in [1.29, 1.82) is 0 Å². The highest BCUT2D eigenvalue weighted by Crippen LogP contribution is 2.30. The molecule has 0 saturated carbocycles. The van der Waals surface area contributed by atoms with Crippen molar-refractivity contribution in [1.82, 2.24) is 4.90 Å². The van der Waals surface area contributed by atoms with Crippen LogP contribution in [0.15, 0.2) is 84.9 Å². The SMILES string of the molecule is O=C1CCCN(Cc2ccccc2)C1c1ccc(OCc2ccccc2)cc1. The molecule has 0 spiro atoms. The molecule has 1 unspecified atom stereocenters. The van der Waals surface area contributed by atoms with Crippen molar-refractivity contribution in [3.05, 3.63) is 102 Å². The number of ketones is 1. The molecule has 1 heterocycles. The first kappa shape index (κ1) is 18.5. The molecule has 142 valence electrons. The maximum Gasteiger partial charge on any atom is 0.154 e. The zero-order valence-corrected chi connectivity index (χ0v) is 16.0. The first-order valence-corrected chi connectivity index (χ1v) is 9.87. The van der Waals surface area contributed by atoms with Gasteiger partial charge in [-0.05, 0) is 41.8 Å². The van der Waals surface area contributed by atoms with Gasteiger partial charge in [-0.25, -0.2) is 0 Å². The summed E-state index contributed by atoms with van der Waals surface area (Å²) in [7, 11) is 0. The fraction of sp³-hybridized carbons (Fsp3) is 0.240. The number of carbonyl (C=O) groups is 1. The molecule has 0 aromatic heterocycles. The number of nitrogens with zero attached hydrogens (tertiary/aromatic N) is 1. The standard InChI is InChI=1S/C25H25NO2/c27-24-12-7-17-26(18-20-8-3-1-4-9-20)25(24)22-13-15-23(16-14-22)28-19-21-10-5-2-6-11-21/h1-6,8-11,13-16,25H,7,12,17-19H2. The molecule has 1 saturated heterocycles. The minimum atomic E-state index is -0.169. The van der Waals surface area contributed by atoms with E-state index in [2.05, 4.69) is 41.3 Å². The molecule has 28 heavy (non-hydrogen) atoms. The van der Waals surface area contributed by atoms with Crippen molar-refractivity contribution in [3.8, 4) is 5.75 Å². The first-order chi connectivity index (χ1) is 13.8. The van der Waals surface area contributed by atoms with Crippen molar-refractivity contribution >= 4 is 5.78 Å². The highest BCUT2D eigenvalue weighted by molar-refractivity contribution is 5.86. The van der Waals surface area contributed by atoms with E-state index >= 15 is 0 Å². The fourth-order valence-corrected chi connectivity index (χ4v) is 3.80. The van der Waals surface area contributed by atoms with E-state index in [0.717, 1.165) is 36.4 Å². The third-order valence-corrected chi connectivity index (χ3v) is 5.21. The summed E-state index contributed by atoms with van der Waals surface area (Å²) in [5, 5.41) is 0. The van der Waals surface area contributed by atoms with Crippen LogP contribution in [0.25, 0.3) is 0 Å². The van der Waals surface area contributed by atoms with Crippen molar-refractivity contribution in [2.75, 3.05) is 6.54 Å². The molecule has 0 amide bonds. The van der Waals surface area contributed by atoms with Crippen LogP contribution in [-0.4, -0.2) is 17.2 Å². The van der Waals surface area contributed by atoms with Crippen LogP contribution in [-0.2, 0) is 17.9 Å². The second-order valence-electron chi connectivity index (χ2n) is 7.27. The topological polar surface area (TPSA) is 29.5 Å².